The van der Waals surface area contributed by atoms with Crippen LogP contribution in [-0.4, -0.2) is 14.6 Å². The lowest BCUT2D eigenvalue weighted by Crippen LogP contribution is -1.69. The number of aromatic nitrogens is 3. The van der Waals surface area contributed by atoms with Crippen LogP contribution in [0.5, 0.6) is 0 Å². The molecule has 0 aliphatic carbocycles. The quantitative estimate of drug-likeness (QED) is 0.545. The van der Waals surface area contributed by atoms with Gasteiger partial charge in [-0.3, -0.25) is 4.98 Å². The van der Waals surface area contributed by atoms with Crippen molar-refractivity contribution in [2.75, 3.05) is 0 Å². The molecule has 3 nitrogen and oxygen atoms in total. The molecular weight excluding hydrogens is 134 g/mol. The number of fused-ring (bicyclic) bond motifs is 1. The first-order valence-corrected chi connectivity index (χ1v) is 3.26. The molecule has 0 atom stereocenters. The SMILES string of the molecule is c1cc2snnc2cn1. The van der Waals surface area contributed by atoms with Gasteiger partial charge in [0.15, 0.2) is 0 Å². The smallest absolute Gasteiger partial charge is 0.124 e. The lowest BCUT2D eigenvalue weighted by atomic mass is 10.5. The Labute approximate surface area is 55.5 Å². The van der Waals surface area contributed by atoms with E-state index in [1.165, 1.54) is 11.5 Å². The van der Waals surface area contributed by atoms with Crippen molar-refractivity contribution in [1.82, 2.24) is 14.6 Å². The maximum atomic E-state index is 3.89. The van der Waals surface area contributed by atoms with Crippen LogP contribution in [-0.2, 0) is 0 Å². The van der Waals surface area contributed by atoms with Crippen LogP contribution >= 0.6 is 11.5 Å². The van der Waals surface area contributed by atoms with Crippen molar-refractivity contribution in [2.45, 2.75) is 0 Å². The second-order valence-corrected chi connectivity index (χ2v) is 2.40. The molecule has 0 unspecified atom stereocenters. The van der Waals surface area contributed by atoms with Crippen LogP contribution in [0.3, 0.4) is 0 Å². The first-order valence-electron chi connectivity index (χ1n) is 2.49. The minimum atomic E-state index is 0.877. The van der Waals surface area contributed by atoms with Crippen LogP contribution in [0.4, 0.5) is 0 Å². The minimum absolute atomic E-state index is 0.877. The molecule has 2 aromatic heterocycles. The molecule has 9 heavy (non-hydrogen) atoms. The van der Waals surface area contributed by atoms with Crippen LogP contribution in [0.15, 0.2) is 18.5 Å². The fourth-order valence-corrected chi connectivity index (χ4v) is 1.16. The van der Waals surface area contributed by atoms with E-state index in [2.05, 4.69) is 14.6 Å². The van der Waals surface area contributed by atoms with Crippen molar-refractivity contribution < 1.29 is 0 Å². The predicted molar refractivity (Wildman–Crippen MR) is 35.2 cm³/mol. The van der Waals surface area contributed by atoms with Gasteiger partial charge in [0, 0.05) is 6.20 Å². The van der Waals surface area contributed by atoms with Crippen molar-refractivity contribution in [3.63, 3.8) is 0 Å². The van der Waals surface area contributed by atoms with Gasteiger partial charge in [-0.25, -0.2) is 0 Å². The number of nitrogens with zero attached hydrogens (tertiary/aromatic N) is 3. The Morgan fingerprint density at radius 3 is 3.33 bits per heavy atom. The summed E-state index contributed by atoms with van der Waals surface area (Å²) in [7, 11) is 0. The Hall–Kier alpha value is -1.03. The lowest BCUT2D eigenvalue weighted by molar-refractivity contribution is 1.19. The molecule has 0 saturated carbocycles. The van der Waals surface area contributed by atoms with Gasteiger partial charge in [0.1, 0.15) is 5.52 Å². The van der Waals surface area contributed by atoms with Gasteiger partial charge in [-0.2, -0.15) is 0 Å². The number of pyridine rings is 1. The molecule has 0 amide bonds. The Kier molecular flexibility index (Phi) is 0.927. The van der Waals surface area contributed by atoms with Crippen LogP contribution in [0.25, 0.3) is 10.2 Å². The number of hydrogen-bond donors (Lipinski definition) is 0. The zero-order valence-corrected chi connectivity index (χ0v) is 5.30. The van der Waals surface area contributed by atoms with Gasteiger partial charge in [-0.05, 0) is 17.6 Å². The summed E-state index contributed by atoms with van der Waals surface area (Å²) in [6.07, 6.45) is 3.45. The Morgan fingerprint density at radius 1 is 1.44 bits per heavy atom. The van der Waals surface area contributed by atoms with Crippen LogP contribution < -0.4 is 0 Å². The summed E-state index contributed by atoms with van der Waals surface area (Å²) in [6, 6.07) is 1.90. The normalized spacial score (nSPS) is 10.2. The third kappa shape index (κ3) is 0.675. The topological polar surface area (TPSA) is 38.7 Å². The molecule has 0 saturated heterocycles. The maximum absolute atomic E-state index is 3.89. The average molecular weight is 137 g/mol. The largest absolute Gasteiger partial charge is 0.262 e. The second-order valence-electron chi connectivity index (χ2n) is 1.62. The van der Waals surface area contributed by atoms with Gasteiger partial charge in [-0.1, -0.05) is 4.49 Å². The zero-order valence-electron chi connectivity index (χ0n) is 4.48. The van der Waals surface area contributed by atoms with Crippen molar-refractivity contribution in [2.24, 2.45) is 0 Å². The lowest BCUT2D eigenvalue weighted by Gasteiger charge is -1.78. The highest BCUT2D eigenvalue weighted by molar-refractivity contribution is 7.12. The molecule has 2 rings (SSSR count). The fraction of sp³-hybridized carbons (Fsp3) is 0. The standard InChI is InChI=1S/C5H3N3S/c1-2-6-3-4-5(1)9-8-7-4/h1-3H. The van der Waals surface area contributed by atoms with Gasteiger partial charge < -0.3 is 0 Å². The van der Waals surface area contributed by atoms with Crippen molar-refractivity contribution in [3.05, 3.63) is 18.5 Å². The van der Waals surface area contributed by atoms with E-state index in [-0.39, 0.29) is 0 Å². The molecule has 0 radical (unpaired) electrons. The molecule has 0 aliphatic heterocycles. The van der Waals surface area contributed by atoms with E-state index in [0.29, 0.717) is 0 Å². The monoisotopic (exact) mass is 137 g/mol. The van der Waals surface area contributed by atoms with E-state index < -0.39 is 0 Å². The minimum Gasteiger partial charge on any atom is -0.262 e. The van der Waals surface area contributed by atoms with Gasteiger partial charge >= 0.3 is 0 Å². The zero-order chi connectivity index (χ0) is 6.10. The highest BCUT2D eigenvalue weighted by Crippen LogP contribution is 2.11. The molecule has 2 aromatic rings. The third-order valence-corrected chi connectivity index (χ3v) is 1.75. The van der Waals surface area contributed by atoms with E-state index in [1.54, 1.807) is 12.4 Å². The summed E-state index contributed by atoms with van der Waals surface area (Å²) in [5.74, 6) is 0. The Balaban J connectivity index is 2.95. The third-order valence-electron chi connectivity index (χ3n) is 1.05. The molecule has 44 valence electrons. The van der Waals surface area contributed by atoms with E-state index >= 15 is 0 Å². The fourth-order valence-electron chi connectivity index (χ4n) is 0.634. The summed E-state index contributed by atoms with van der Waals surface area (Å²) in [5.41, 5.74) is 0.877. The molecule has 0 spiro atoms. The predicted octanol–water partition coefficient (Wildman–Crippen LogP) is 1.09. The van der Waals surface area contributed by atoms with Crippen LogP contribution in [0.1, 0.15) is 0 Å². The molecule has 0 aromatic carbocycles. The van der Waals surface area contributed by atoms with Crippen molar-refractivity contribution >= 4 is 21.7 Å². The number of hydrogen-bond acceptors (Lipinski definition) is 4. The van der Waals surface area contributed by atoms with E-state index in [4.69, 9.17) is 0 Å². The van der Waals surface area contributed by atoms with Gasteiger partial charge in [0.2, 0.25) is 0 Å². The van der Waals surface area contributed by atoms with Crippen molar-refractivity contribution in [1.29, 1.82) is 0 Å². The second kappa shape index (κ2) is 1.73. The molecule has 2 heterocycles. The number of rotatable bonds is 0. The molecular formula is C5H3N3S. The Morgan fingerprint density at radius 2 is 2.44 bits per heavy atom. The summed E-state index contributed by atoms with van der Waals surface area (Å²) in [5, 5.41) is 3.82. The van der Waals surface area contributed by atoms with Crippen molar-refractivity contribution in [3.8, 4) is 0 Å². The highest BCUT2D eigenvalue weighted by atomic mass is 32.1. The first-order chi connectivity index (χ1) is 4.47. The van der Waals surface area contributed by atoms with E-state index in [0.717, 1.165) is 10.2 Å². The van der Waals surface area contributed by atoms with E-state index in [1.807, 2.05) is 6.07 Å². The molecule has 0 bridgehead atoms. The van der Waals surface area contributed by atoms with E-state index in [9.17, 15) is 0 Å². The molecule has 0 fully saturated rings. The summed E-state index contributed by atoms with van der Waals surface area (Å²) < 4.78 is 4.84. The maximum Gasteiger partial charge on any atom is 0.124 e. The molecule has 0 N–H and O–H groups in total. The highest BCUT2D eigenvalue weighted by Gasteiger charge is 1.92. The molecule has 0 aliphatic rings. The average Bonchev–Trinajstić information content (AvgIpc) is 2.33. The van der Waals surface area contributed by atoms with Gasteiger partial charge in [-0.15, -0.1) is 5.10 Å². The van der Waals surface area contributed by atoms with Crippen LogP contribution in [0.2, 0.25) is 0 Å². The molecule has 4 heteroatoms. The Bertz CT molecular complexity index is 286. The first kappa shape index (κ1) is 4.81. The summed E-state index contributed by atoms with van der Waals surface area (Å²) in [4.78, 5) is 3.89. The van der Waals surface area contributed by atoms with Crippen LogP contribution in [0, 0.1) is 0 Å². The summed E-state index contributed by atoms with van der Waals surface area (Å²) in [6.45, 7) is 0. The summed E-state index contributed by atoms with van der Waals surface area (Å²) >= 11 is 1.39. The van der Waals surface area contributed by atoms with Gasteiger partial charge in [0.25, 0.3) is 0 Å². The van der Waals surface area contributed by atoms with Gasteiger partial charge in [0.05, 0.1) is 10.9 Å².